The van der Waals surface area contributed by atoms with Gasteiger partial charge in [-0.1, -0.05) is 30.0 Å². The van der Waals surface area contributed by atoms with E-state index >= 15 is 0 Å². The van der Waals surface area contributed by atoms with E-state index in [4.69, 9.17) is 5.73 Å². The van der Waals surface area contributed by atoms with Gasteiger partial charge < -0.3 is 5.73 Å². The van der Waals surface area contributed by atoms with Gasteiger partial charge in [0.1, 0.15) is 11.6 Å². The van der Waals surface area contributed by atoms with Crippen LogP contribution in [0.2, 0.25) is 0 Å². The Morgan fingerprint density at radius 3 is 2.71 bits per heavy atom. The van der Waals surface area contributed by atoms with E-state index in [1.54, 1.807) is 18.2 Å². The second-order valence-corrected chi connectivity index (χ2v) is 4.14. The van der Waals surface area contributed by atoms with Crippen LogP contribution in [0.25, 0.3) is 0 Å². The lowest BCUT2D eigenvalue weighted by atomic mass is 10.1. The molecule has 0 radical (unpaired) electrons. The molecule has 1 aromatic heterocycles. The zero-order valence-electron chi connectivity index (χ0n) is 9.22. The summed E-state index contributed by atoms with van der Waals surface area (Å²) < 4.78 is 13.5. The molecule has 2 aromatic rings. The largest absolute Gasteiger partial charge is 0.368 e. The molecule has 6 heteroatoms. The summed E-state index contributed by atoms with van der Waals surface area (Å²) in [5.74, 6) is 0.375. The molecule has 0 saturated carbocycles. The number of nitrogen functional groups attached to an aromatic ring is 1. The summed E-state index contributed by atoms with van der Waals surface area (Å²) in [6, 6.07) is 6.54. The zero-order valence-corrected chi connectivity index (χ0v) is 10.0. The van der Waals surface area contributed by atoms with E-state index in [0.717, 1.165) is 0 Å². The summed E-state index contributed by atoms with van der Waals surface area (Å²) >= 11 is 1.38. The monoisotopic (exact) mass is 250 g/mol. The maximum Gasteiger partial charge on any atom is 0.224 e. The molecular formula is C11H11FN4S. The van der Waals surface area contributed by atoms with Gasteiger partial charge in [-0.05, 0) is 17.9 Å². The molecule has 1 heterocycles. The lowest BCUT2D eigenvalue weighted by molar-refractivity contribution is 0.611. The third-order valence-corrected chi connectivity index (χ3v) is 2.72. The molecule has 0 aliphatic heterocycles. The Balaban J connectivity index is 2.30. The Labute approximate surface area is 103 Å². The second kappa shape index (κ2) is 5.09. The SMILES string of the molecule is CSc1nc(N)nc(Cc2ccccc2F)n1. The summed E-state index contributed by atoms with van der Waals surface area (Å²) in [7, 11) is 0. The van der Waals surface area contributed by atoms with Crippen molar-refractivity contribution in [3.05, 3.63) is 41.5 Å². The van der Waals surface area contributed by atoms with Crippen molar-refractivity contribution in [3.8, 4) is 0 Å². The Morgan fingerprint density at radius 2 is 2.00 bits per heavy atom. The van der Waals surface area contributed by atoms with Crippen LogP contribution in [0, 0.1) is 5.82 Å². The minimum atomic E-state index is -0.266. The van der Waals surface area contributed by atoms with Crippen molar-refractivity contribution >= 4 is 17.7 Å². The molecule has 2 N–H and O–H groups in total. The van der Waals surface area contributed by atoms with Crippen LogP contribution in [0.4, 0.5) is 10.3 Å². The number of thioether (sulfide) groups is 1. The highest BCUT2D eigenvalue weighted by Gasteiger charge is 2.07. The first kappa shape index (κ1) is 11.8. The van der Waals surface area contributed by atoms with E-state index in [-0.39, 0.29) is 11.8 Å². The van der Waals surface area contributed by atoms with Crippen LogP contribution in [0.3, 0.4) is 0 Å². The predicted molar refractivity (Wildman–Crippen MR) is 65.2 cm³/mol. The van der Waals surface area contributed by atoms with Gasteiger partial charge in [0.15, 0.2) is 5.16 Å². The fourth-order valence-corrected chi connectivity index (χ4v) is 1.78. The van der Waals surface area contributed by atoms with Crippen LogP contribution in [-0.4, -0.2) is 21.2 Å². The van der Waals surface area contributed by atoms with Crippen molar-refractivity contribution in [1.82, 2.24) is 15.0 Å². The van der Waals surface area contributed by atoms with Crippen molar-refractivity contribution in [2.24, 2.45) is 0 Å². The van der Waals surface area contributed by atoms with Gasteiger partial charge in [0.05, 0.1) is 0 Å². The Morgan fingerprint density at radius 1 is 1.24 bits per heavy atom. The van der Waals surface area contributed by atoms with Crippen LogP contribution in [0.5, 0.6) is 0 Å². The minimum absolute atomic E-state index is 0.163. The molecule has 0 aliphatic rings. The number of nitrogens with zero attached hydrogens (tertiary/aromatic N) is 3. The van der Waals surface area contributed by atoms with Crippen LogP contribution in [0.1, 0.15) is 11.4 Å². The number of anilines is 1. The van der Waals surface area contributed by atoms with E-state index in [1.165, 1.54) is 17.8 Å². The summed E-state index contributed by atoms with van der Waals surface area (Å²) in [4.78, 5) is 12.1. The number of halogens is 1. The Hall–Kier alpha value is -1.69. The highest BCUT2D eigenvalue weighted by atomic mass is 32.2. The van der Waals surface area contributed by atoms with Crippen LogP contribution in [-0.2, 0) is 6.42 Å². The number of benzene rings is 1. The average Bonchev–Trinajstić information content (AvgIpc) is 2.31. The topological polar surface area (TPSA) is 64.7 Å². The van der Waals surface area contributed by atoms with Crippen LogP contribution < -0.4 is 5.73 Å². The molecule has 0 aliphatic carbocycles. The van der Waals surface area contributed by atoms with E-state index in [2.05, 4.69) is 15.0 Å². The van der Waals surface area contributed by atoms with Crippen molar-refractivity contribution in [2.45, 2.75) is 11.6 Å². The summed E-state index contributed by atoms with van der Waals surface area (Å²) in [6.45, 7) is 0. The number of hydrogen-bond acceptors (Lipinski definition) is 5. The molecule has 0 bridgehead atoms. The van der Waals surface area contributed by atoms with Gasteiger partial charge in [0.25, 0.3) is 0 Å². The Bertz CT molecular complexity index is 533. The zero-order chi connectivity index (χ0) is 12.3. The van der Waals surface area contributed by atoms with Crippen molar-refractivity contribution in [1.29, 1.82) is 0 Å². The standard InChI is InChI=1S/C11H11FN4S/c1-17-11-15-9(14-10(13)16-11)6-7-4-2-3-5-8(7)12/h2-5H,6H2,1H3,(H2,13,14,15,16). The maximum absolute atomic E-state index is 13.5. The third kappa shape index (κ3) is 2.91. The average molecular weight is 250 g/mol. The minimum Gasteiger partial charge on any atom is -0.368 e. The van der Waals surface area contributed by atoms with Gasteiger partial charge in [-0.15, -0.1) is 0 Å². The fraction of sp³-hybridized carbons (Fsp3) is 0.182. The van der Waals surface area contributed by atoms with Crippen molar-refractivity contribution < 1.29 is 4.39 Å². The predicted octanol–water partition coefficient (Wildman–Crippen LogP) is 1.91. The van der Waals surface area contributed by atoms with Gasteiger partial charge in [0.2, 0.25) is 5.95 Å². The molecule has 2 rings (SSSR count). The van der Waals surface area contributed by atoms with Crippen molar-refractivity contribution in [3.63, 3.8) is 0 Å². The smallest absolute Gasteiger partial charge is 0.224 e. The molecular weight excluding hydrogens is 239 g/mol. The van der Waals surface area contributed by atoms with E-state index in [9.17, 15) is 4.39 Å². The molecule has 0 unspecified atom stereocenters. The molecule has 0 amide bonds. The first-order chi connectivity index (χ1) is 8.19. The lowest BCUT2D eigenvalue weighted by Crippen LogP contribution is -2.05. The van der Waals surface area contributed by atoms with Crippen LogP contribution >= 0.6 is 11.8 Å². The quantitative estimate of drug-likeness (QED) is 0.843. The molecule has 0 atom stereocenters. The highest BCUT2D eigenvalue weighted by Crippen LogP contribution is 2.14. The maximum atomic E-state index is 13.5. The van der Waals surface area contributed by atoms with Gasteiger partial charge in [-0.2, -0.15) is 9.97 Å². The molecule has 17 heavy (non-hydrogen) atoms. The van der Waals surface area contributed by atoms with Gasteiger partial charge in [0, 0.05) is 6.42 Å². The molecule has 1 aromatic carbocycles. The molecule has 0 spiro atoms. The molecule has 0 saturated heterocycles. The highest BCUT2D eigenvalue weighted by molar-refractivity contribution is 7.98. The molecule has 0 fully saturated rings. The number of rotatable bonds is 3. The summed E-state index contributed by atoms with van der Waals surface area (Å²) in [5.41, 5.74) is 6.10. The van der Waals surface area contributed by atoms with E-state index < -0.39 is 0 Å². The fourth-order valence-electron chi connectivity index (χ4n) is 1.40. The first-order valence-corrected chi connectivity index (χ1v) is 6.19. The second-order valence-electron chi connectivity index (χ2n) is 3.36. The van der Waals surface area contributed by atoms with Gasteiger partial charge >= 0.3 is 0 Å². The molecule has 4 nitrogen and oxygen atoms in total. The number of nitrogens with two attached hydrogens (primary N) is 1. The normalized spacial score (nSPS) is 10.5. The number of aromatic nitrogens is 3. The van der Waals surface area contributed by atoms with Gasteiger partial charge in [-0.3, -0.25) is 0 Å². The number of hydrogen-bond donors (Lipinski definition) is 1. The van der Waals surface area contributed by atoms with Crippen LogP contribution in [0.15, 0.2) is 29.4 Å². The molecule has 88 valence electrons. The third-order valence-electron chi connectivity index (χ3n) is 2.17. The summed E-state index contributed by atoms with van der Waals surface area (Å²) in [6.07, 6.45) is 2.16. The lowest BCUT2D eigenvalue weighted by Gasteiger charge is -2.04. The Kier molecular flexibility index (Phi) is 3.53. The van der Waals surface area contributed by atoms with E-state index in [0.29, 0.717) is 23.0 Å². The van der Waals surface area contributed by atoms with E-state index in [1.807, 2.05) is 6.26 Å². The van der Waals surface area contributed by atoms with Crippen molar-refractivity contribution in [2.75, 3.05) is 12.0 Å². The van der Waals surface area contributed by atoms with Gasteiger partial charge in [-0.25, -0.2) is 9.37 Å². The summed E-state index contributed by atoms with van der Waals surface area (Å²) in [5, 5.41) is 0.545. The first-order valence-electron chi connectivity index (χ1n) is 4.97.